The van der Waals surface area contributed by atoms with E-state index in [-0.39, 0.29) is 28.0 Å². The molecule has 0 saturated heterocycles. The summed E-state index contributed by atoms with van der Waals surface area (Å²) in [5.41, 5.74) is 4.02. The minimum atomic E-state index is -0.591. The minimum absolute atomic E-state index is 0.00675. The predicted molar refractivity (Wildman–Crippen MR) is 97.9 cm³/mol. The van der Waals surface area contributed by atoms with Crippen LogP contribution in [0.15, 0.2) is 46.0 Å². The lowest BCUT2D eigenvalue weighted by Gasteiger charge is -2.08. The second-order valence-electron chi connectivity index (χ2n) is 5.08. The lowest BCUT2D eigenvalue weighted by molar-refractivity contribution is -0.385. The Balaban J connectivity index is 1.97. The Morgan fingerprint density at radius 3 is 2.80 bits per heavy atom. The molecule has 0 aliphatic carbocycles. The van der Waals surface area contributed by atoms with Gasteiger partial charge in [-0.3, -0.25) is 14.9 Å². The Morgan fingerprint density at radius 2 is 2.12 bits per heavy atom. The second kappa shape index (κ2) is 8.25. The van der Waals surface area contributed by atoms with E-state index in [1.165, 1.54) is 6.07 Å². The molecule has 0 heterocycles. The topological polar surface area (TPSA) is 117 Å². The van der Waals surface area contributed by atoms with Gasteiger partial charge in [0.15, 0.2) is 0 Å². The molecule has 0 aliphatic rings. The first-order valence-electron chi connectivity index (χ1n) is 7.17. The summed E-state index contributed by atoms with van der Waals surface area (Å²) in [6, 6.07) is 9.85. The van der Waals surface area contributed by atoms with Crippen molar-refractivity contribution in [3.63, 3.8) is 0 Å². The third-order valence-corrected chi connectivity index (χ3v) is 3.87. The largest absolute Gasteiger partial charge is 0.506 e. The summed E-state index contributed by atoms with van der Waals surface area (Å²) >= 11 is 3.03. The molecule has 0 unspecified atom stereocenters. The van der Waals surface area contributed by atoms with Crippen molar-refractivity contribution in [1.29, 1.82) is 0 Å². The Labute approximate surface area is 151 Å². The van der Waals surface area contributed by atoms with Crippen molar-refractivity contribution in [2.24, 2.45) is 5.10 Å². The van der Waals surface area contributed by atoms with E-state index in [0.717, 1.165) is 23.5 Å². The molecule has 8 nitrogen and oxygen atoms in total. The molecule has 25 heavy (non-hydrogen) atoms. The van der Waals surface area contributed by atoms with E-state index in [2.05, 4.69) is 31.8 Å². The van der Waals surface area contributed by atoms with Gasteiger partial charge in [0.2, 0.25) is 0 Å². The summed E-state index contributed by atoms with van der Waals surface area (Å²) in [5, 5.41) is 27.4. The maximum atomic E-state index is 11.8. The van der Waals surface area contributed by atoms with Gasteiger partial charge < -0.3 is 10.4 Å². The maximum Gasteiger partial charge on any atom is 0.271 e. The van der Waals surface area contributed by atoms with Gasteiger partial charge in [0.1, 0.15) is 5.75 Å². The van der Waals surface area contributed by atoms with Crippen molar-refractivity contribution >= 4 is 39.4 Å². The number of aryl methyl sites for hydroxylation is 1. The quantitative estimate of drug-likeness (QED) is 0.387. The molecule has 2 rings (SSSR count). The summed E-state index contributed by atoms with van der Waals surface area (Å²) in [5.74, 6) is -0.606. The highest BCUT2D eigenvalue weighted by atomic mass is 79.9. The van der Waals surface area contributed by atoms with Crippen molar-refractivity contribution in [3.05, 3.63) is 62.1 Å². The Hall–Kier alpha value is -2.94. The van der Waals surface area contributed by atoms with E-state index in [1.807, 2.05) is 31.2 Å². The van der Waals surface area contributed by atoms with Crippen molar-refractivity contribution < 1.29 is 14.8 Å². The fraction of sp³-hybridized carbons (Fsp3) is 0.125. The Morgan fingerprint density at radius 1 is 1.40 bits per heavy atom. The standard InChI is InChI=1S/C16H15BrN4O4/c1-10-4-2-3-5-14(10)18-9-15(22)20-19-8-11-6-12(21(24)25)7-13(17)16(11)23/h2-8,18,23H,9H2,1H3,(H,20,22)/b19-8-. The molecule has 9 heteroatoms. The molecule has 0 fully saturated rings. The number of carbonyl (C=O) groups is 1. The monoisotopic (exact) mass is 406 g/mol. The molecule has 2 aromatic carbocycles. The number of non-ortho nitro benzene ring substituents is 1. The van der Waals surface area contributed by atoms with Crippen molar-refractivity contribution in [2.75, 3.05) is 11.9 Å². The summed E-state index contributed by atoms with van der Waals surface area (Å²) < 4.78 is 0.163. The van der Waals surface area contributed by atoms with Gasteiger partial charge in [-0.2, -0.15) is 5.10 Å². The smallest absolute Gasteiger partial charge is 0.271 e. The third-order valence-electron chi connectivity index (χ3n) is 3.27. The molecular weight excluding hydrogens is 392 g/mol. The third kappa shape index (κ3) is 5.01. The van der Waals surface area contributed by atoms with E-state index in [1.54, 1.807) is 0 Å². The van der Waals surface area contributed by atoms with Crippen LogP contribution >= 0.6 is 15.9 Å². The average molecular weight is 407 g/mol. The van der Waals surface area contributed by atoms with Crippen LogP contribution in [0.2, 0.25) is 0 Å². The van der Waals surface area contributed by atoms with Crippen molar-refractivity contribution in [2.45, 2.75) is 6.92 Å². The second-order valence-corrected chi connectivity index (χ2v) is 5.94. The normalized spacial score (nSPS) is 10.6. The molecule has 0 aromatic heterocycles. The highest BCUT2D eigenvalue weighted by molar-refractivity contribution is 9.10. The van der Waals surface area contributed by atoms with E-state index >= 15 is 0 Å². The number of phenolic OH excluding ortho intramolecular Hbond substituents is 1. The van der Waals surface area contributed by atoms with Gasteiger partial charge in [-0.1, -0.05) is 18.2 Å². The summed E-state index contributed by atoms with van der Waals surface area (Å²) in [4.78, 5) is 22.0. The molecule has 2 aromatic rings. The van der Waals surface area contributed by atoms with Crippen LogP contribution in [-0.4, -0.2) is 28.7 Å². The molecule has 3 N–H and O–H groups in total. The molecule has 0 atom stereocenters. The molecular formula is C16H15BrN4O4. The maximum absolute atomic E-state index is 11.8. The van der Waals surface area contributed by atoms with Gasteiger partial charge >= 0.3 is 0 Å². The van der Waals surface area contributed by atoms with E-state index in [9.17, 15) is 20.0 Å². The number of hydrogen-bond donors (Lipinski definition) is 3. The number of para-hydroxylation sites is 1. The SMILES string of the molecule is Cc1ccccc1NCC(=O)N/N=C\c1cc([N+](=O)[O-])cc(Br)c1O. The van der Waals surface area contributed by atoms with Crippen LogP contribution in [0.3, 0.4) is 0 Å². The van der Waals surface area contributed by atoms with Crippen molar-refractivity contribution in [1.82, 2.24) is 5.43 Å². The molecule has 0 spiro atoms. The lowest BCUT2D eigenvalue weighted by Crippen LogP contribution is -2.26. The highest BCUT2D eigenvalue weighted by Crippen LogP contribution is 2.31. The number of nitrogens with zero attached hydrogens (tertiary/aromatic N) is 2. The van der Waals surface area contributed by atoms with Crippen molar-refractivity contribution in [3.8, 4) is 5.75 Å². The molecule has 0 bridgehead atoms. The van der Waals surface area contributed by atoms with Crippen LogP contribution < -0.4 is 10.7 Å². The fourth-order valence-corrected chi connectivity index (χ4v) is 2.43. The molecule has 0 saturated carbocycles. The van der Waals surface area contributed by atoms with Crippen LogP contribution in [0.5, 0.6) is 5.75 Å². The summed E-state index contributed by atoms with van der Waals surface area (Å²) in [6.07, 6.45) is 1.14. The molecule has 130 valence electrons. The molecule has 1 amide bonds. The number of nitrogens with one attached hydrogen (secondary N) is 2. The highest BCUT2D eigenvalue weighted by Gasteiger charge is 2.13. The number of nitro groups is 1. The number of hydrogen-bond acceptors (Lipinski definition) is 6. The number of phenols is 1. The zero-order valence-corrected chi connectivity index (χ0v) is 14.8. The first-order chi connectivity index (χ1) is 11.9. The number of hydrazone groups is 1. The zero-order valence-electron chi connectivity index (χ0n) is 13.2. The van der Waals surface area contributed by atoms with E-state index in [4.69, 9.17) is 0 Å². The number of nitro benzene ring substituents is 1. The van der Waals surface area contributed by atoms with Gasteiger partial charge in [0, 0.05) is 23.4 Å². The summed E-state index contributed by atoms with van der Waals surface area (Å²) in [7, 11) is 0. The van der Waals surface area contributed by atoms with Gasteiger partial charge in [0.05, 0.1) is 22.2 Å². The number of aromatic hydroxyl groups is 1. The van der Waals surface area contributed by atoms with Crippen LogP contribution in [0.25, 0.3) is 0 Å². The predicted octanol–water partition coefficient (Wildman–Crippen LogP) is 2.93. The van der Waals surface area contributed by atoms with Gasteiger partial charge in [-0.15, -0.1) is 0 Å². The molecule has 0 radical (unpaired) electrons. The average Bonchev–Trinajstić information content (AvgIpc) is 2.57. The van der Waals surface area contributed by atoms with Gasteiger partial charge in [-0.05, 0) is 34.5 Å². The van der Waals surface area contributed by atoms with Gasteiger partial charge in [-0.25, -0.2) is 5.43 Å². The Kier molecular flexibility index (Phi) is 6.07. The minimum Gasteiger partial charge on any atom is -0.506 e. The number of anilines is 1. The number of rotatable bonds is 6. The number of halogens is 1. The van der Waals surface area contributed by atoms with E-state index < -0.39 is 10.8 Å². The van der Waals surface area contributed by atoms with Crippen LogP contribution in [0, 0.1) is 17.0 Å². The first kappa shape index (κ1) is 18.4. The Bertz CT molecular complexity index is 839. The van der Waals surface area contributed by atoms with Crippen LogP contribution in [-0.2, 0) is 4.79 Å². The van der Waals surface area contributed by atoms with E-state index in [0.29, 0.717) is 0 Å². The van der Waals surface area contributed by atoms with Gasteiger partial charge in [0.25, 0.3) is 11.6 Å². The molecule has 0 aliphatic heterocycles. The number of carbonyl (C=O) groups excluding carboxylic acids is 1. The van der Waals surface area contributed by atoms with Crippen LogP contribution in [0.1, 0.15) is 11.1 Å². The number of amides is 1. The first-order valence-corrected chi connectivity index (χ1v) is 7.96. The van der Waals surface area contributed by atoms with Crippen LogP contribution in [0.4, 0.5) is 11.4 Å². The number of benzene rings is 2. The zero-order chi connectivity index (χ0) is 18.4. The fourth-order valence-electron chi connectivity index (χ4n) is 1.97. The lowest BCUT2D eigenvalue weighted by atomic mass is 10.2. The summed E-state index contributed by atoms with van der Waals surface area (Å²) in [6.45, 7) is 1.92.